The lowest BCUT2D eigenvalue weighted by atomic mass is 9.46. The smallest absolute Gasteiger partial charge is 0.308 e. The molecule has 158 valence electrons. The van der Waals surface area contributed by atoms with Gasteiger partial charge in [0.05, 0.1) is 12.7 Å². The monoisotopic (exact) mass is 400 g/mol. The molecule has 3 aliphatic rings. The van der Waals surface area contributed by atoms with E-state index in [1.807, 2.05) is 0 Å². The van der Waals surface area contributed by atoms with E-state index < -0.39 is 11.8 Å². The summed E-state index contributed by atoms with van der Waals surface area (Å²) in [5.41, 5.74) is 1.58. The topological polar surface area (TPSA) is 69.7 Å². The standard InChI is InChI=1S/C24H32O5/c1-14-8-7-9-20-23(14,4)11-10-15(2)24(20,5)13-17-21(27)19(28-6)12-18(26)22(17)29-16(3)25/h8,12,15,20H,7,9-11,13H2,1-6H3/t15-,20+,23+,24+/m0/s1. The van der Waals surface area contributed by atoms with Gasteiger partial charge in [-0.15, -0.1) is 0 Å². The lowest BCUT2D eigenvalue weighted by Crippen LogP contribution is -2.50. The van der Waals surface area contributed by atoms with E-state index in [0.717, 1.165) is 31.8 Å². The fraction of sp³-hybridized carbons (Fsp3) is 0.625. The van der Waals surface area contributed by atoms with Crippen LogP contribution in [0.1, 0.15) is 66.7 Å². The Morgan fingerprint density at radius 3 is 2.55 bits per heavy atom. The van der Waals surface area contributed by atoms with Crippen molar-refractivity contribution in [3.8, 4) is 0 Å². The Hall–Kier alpha value is -2.17. The number of hydrogen-bond acceptors (Lipinski definition) is 5. The van der Waals surface area contributed by atoms with Crippen LogP contribution < -0.4 is 0 Å². The molecule has 5 nitrogen and oxygen atoms in total. The summed E-state index contributed by atoms with van der Waals surface area (Å²) in [6.07, 6.45) is 8.13. The number of methoxy groups -OCH3 is 1. The van der Waals surface area contributed by atoms with Crippen LogP contribution in [0.5, 0.6) is 0 Å². The molecule has 0 N–H and O–H groups in total. The van der Waals surface area contributed by atoms with E-state index in [1.54, 1.807) is 0 Å². The number of carbonyl (C=O) groups excluding carboxylic acids is 3. The van der Waals surface area contributed by atoms with Gasteiger partial charge >= 0.3 is 5.97 Å². The first kappa shape index (κ1) is 21.5. The molecule has 4 atom stereocenters. The van der Waals surface area contributed by atoms with Crippen molar-refractivity contribution in [3.63, 3.8) is 0 Å². The van der Waals surface area contributed by atoms with Gasteiger partial charge in [-0.3, -0.25) is 14.4 Å². The molecule has 5 heteroatoms. The number of Topliss-reactive ketones (excluding diaryl/α,β-unsaturated/α-hetero) is 1. The first-order chi connectivity index (χ1) is 13.5. The molecule has 1 saturated carbocycles. The van der Waals surface area contributed by atoms with Gasteiger partial charge in [-0.25, -0.2) is 0 Å². The molecule has 0 aromatic rings. The van der Waals surface area contributed by atoms with Crippen molar-refractivity contribution in [2.45, 2.75) is 66.7 Å². The number of esters is 1. The molecule has 3 aliphatic carbocycles. The van der Waals surface area contributed by atoms with E-state index in [2.05, 4.69) is 33.8 Å². The summed E-state index contributed by atoms with van der Waals surface area (Å²) in [7, 11) is 1.38. The summed E-state index contributed by atoms with van der Waals surface area (Å²) in [5.74, 6) is -0.807. The Balaban J connectivity index is 2.08. The normalized spacial score (nSPS) is 35.0. The fourth-order valence-electron chi connectivity index (χ4n) is 5.81. The highest BCUT2D eigenvalue weighted by atomic mass is 16.5. The predicted octanol–water partition coefficient (Wildman–Crippen LogP) is 4.67. The van der Waals surface area contributed by atoms with Gasteiger partial charge in [0.2, 0.25) is 11.6 Å². The van der Waals surface area contributed by atoms with Crippen molar-refractivity contribution in [3.05, 3.63) is 34.8 Å². The molecular formula is C24H32O5. The SMILES string of the molecule is COC1=CC(=O)C(OC(C)=O)=C(C[C@]2(C)[C@@H](C)CC[C@]3(C)C(C)=CCC[C@@H]23)C1=O. The number of allylic oxidation sites excluding steroid dienone is 4. The zero-order valence-electron chi connectivity index (χ0n) is 18.4. The van der Waals surface area contributed by atoms with Crippen molar-refractivity contribution in [1.82, 2.24) is 0 Å². The van der Waals surface area contributed by atoms with Crippen molar-refractivity contribution < 1.29 is 23.9 Å². The molecule has 3 rings (SSSR count). The van der Waals surface area contributed by atoms with E-state index in [9.17, 15) is 14.4 Å². The van der Waals surface area contributed by atoms with Gasteiger partial charge in [-0.05, 0) is 61.7 Å². The van der Waals surface area contributed by atoms with Gasteiger partial charge < -0.3 is 9.47 Å². The molecule has 0 heterocycles. The molecular weight excluding hydrogens is 368 g/mol. The van der Waals surface area contributed by atoms with Crippen LogP contribution in [0.15, 0.2) is 34.8 Å². The second-order valence-electron chi connectivity index (χ2n) is 9.36. The van der Waals surface area contributed by atoms with E-state index in [0.29, 0.717) is 18.3 Å². The highest BCUT2D eigenvalue weighted by Crippen LogP contribution is 2.62. The first-order valence-corrected chi connectivity index (χ1v) is 10.5. The fourth-order valence-corrected chi connectivity index (χ4v) is 5.81. The molecule has 0 amide bonds. The molecule has 0 unspecified atom stereocenters. The summed E-state index contributed by atoms with van der Waals surface area (Å²) in [6, 6.07) is 0. The summed E-state index contributed by atoms with van der Waals surface area (Å²) in [5, 5.41) is 0. The highest BCUT2D eigenvalue weighted by Gasteiger charge is 2.54. The highest BCUT2D eigenvalue weighted by molar-refractivity contribution is 6.21. The second kappa shape index (κ2) is 7.58. The average molecular weight is 401 g/mol. The molecule has 0 spiro atoms. The van der Waals surface area contributed by atoms with E-state index in [-0.39, 0.29) is 33.7 Å². The van der Waals surface area contributed by atoms with Crippen LogP contribution >= 0.6 is 0 Å². The maximum atomic E-state index is 13.1. The van der Waals surface area contributed by atoms with Gasteiger partial charge in [0, 0.05) is 13.0 Å². The molecule has 0 aromatic heterocycles. The minimum atomic E-state index is -0.601. The van der Waals surface area contributed by atoms with Crippen LogP contribution in [-0.4, -0.2) is 24.6 Å². The number of fused-ring (bicyclic) bond motifs is 1. The largest absolute Gasteiger partial charge is 0.493 e. The Labute approximate surface area is 173 Å². The number of ether oxygens (including phenoxy) is 2. The summed E-state index contributed by atoms with van der Waals surface area (Å²) < 4.78 is 10.4. The zero-order valence-corrected chi connectivity index (χ0v) is 18.4. The third-order valence-corrected chi connectivity index (χ3v) is 7.88. The lowest BCUT2D eigenvalue weighted by molar-refractivity contribution is -0.140. The van der Waals surface area contributed by atoms with Crippen LogP contribution in [-0.2, 0) is 23.9 Å². The molecule has 0 aromatic carbocycles. The number of ketones is 2. The van der Waals surface area contributed by atoms with E-state index in [4.69, 9.17) is 9.47 Å². The minimum absolute atomic E-state index is 0.00967. The number of hydrogen-bond donors (Lipinski definition) is 0. The molecule has 0 saturated heterocycles. The Bertz CT molecular complexity index is 845. The van der Waals surface area contributed by atoms with Gasteiger partial charge in [-0.1, -0.05) is 32.4 Å². The number of rotatable bonds is 4. The zero-order chi connectivity index (χ0) is 21.6. The minimum Gasteiger partial charge on any atom is -0.493 e. The second-order valence-corrected chi connectivity index (χ2v) is 9.36. The summed E-state index contributed by atoms with van der Waals surface area (Å²) in [6.45, 7) is 10.3. The van der Waals surface area contributed by atoms with E-state index >= 15 is 0 Å². The molecule has 29 heavy (non-hydrogen) atoms. The van der Waals surface area contributed by atoms with Gasteiger partial charge in [0.1, 0.15) is 0 Å². The van der Waals surface area contributed by atoms with Crippen molar-refractivity contribution in [2.75, 3.05) is 7.11 Å². The summed E-state index contributed by atoms with van der Waals surface area (Å²) in [4.78, 5) is 37.4. The Morgan fingerprint density at radius 1 is 1.24 bits per heavy atom. The van der Waals surface area contributed by atoms with Crippen LogP contribution in [0, 0.1) is 22.7 Å². The van der Waals surface area contributed by atoms with E-state index in [1.165, 1.54) is 19.6 Å². The van der Waals surface area contributed by atoms with Gasteiger partial charge in [0.15, 0.2) is 11.5 Å². The van der Waals surface area contributed by atoms with Crippen molar-refractivity contribution in [2.24, 2.45) is 22.7 Å². The average Bonchev–Trinajstić information content (AvgIpc) is 2.66. The predicted molar refractivity (Wildman–Crippen MR) is 110 cm³/mol. The molecule has 0 aliphatic heterocycles. The van der Waals surface area contributed by atoms with Gasteiger partial charge in [0.25, 0.3) is 0 Å². The quantitative estimate of drug-likeness (QED) is 0.389. The molecule has 1 fully saturated rings. The van der Waals surface area contributed by atoms with Crippen LogP contribution in [0.2, 0.25) is 0 Å². The van der Waals surface area contributed by atoms with Crippen molar-refractivity contribution >= 4 is 17.5 Å². The third kappa shape index (κ3) is 3.49. The van der Waals surface area contributed by atoms with Crippen LogP contribution in [0.3, 0.4) is 0 Å². The Morgan fingerprint density at radius 2 is 1.93 bits per heavy atom. The molecule has 0 radical (unpaired) electrons. The van der Waals surface area contributed by atoms with Crippen molar-refractivity contribution in [1.29, 1.82) is 0 Å². The lowest BCUT2D eigenvalue weighted by Gasteiger charge is -2.58. The number of carbonyl (C=O) groups is 3. The first-order valence-electron chi connectivity index (χ1n) is 10.5. The van der Waals surface area contributed by atoms with Crippen LogP contribution in [0.4, 0.5) is 0 Å². The van der Waals surface area contributed by atoms with Gasteiger partial charge in [-0.2, -0.15) is 0 Å². The maximum Gasteiger partial charge on any atom is 0.308 e. The molecule has 0 bridgehead atoms. The Kier molecular flexibility index (Phi) is 5.63. The summed E-state index contributed by atoms with van der Waals surface area (Å²) >= 11 is 0. The van der Waals surface area contributed by atoms with Crippen LogP contribution in [0.25, 0.3) is 0 Å². The maximum absolute atomic E-state index is 13.1. The third-order valence-electron chi connectivity index (χ3n) is 7.88.